The number of hydrogen-bond donors (Lipinski definition) is 0. The Labute approximate surface area is 157 Å². The van der Waals surface area contributed by atoms with Gasteiger partial charge in [-0.2, -0.15) is 0 Å². The second-order valence-electron chi connectivity index (χ2n) is 7.48. The van der Waals surface area contributed by atoms with E-state index in [-0.39, 0.29) is 0 Å². The molecule has 0 spiro atoms. The van der Waals surface area contributed by atoms with Gasteiger partial charge >= 0.3 is 0 Å². The number of fused-ring (bicyclic) bond motifs is 1. The molecule has 0 unspecified atom stereocenters. The molecule has 1 heterocycles. The van der Waals surface area contributed by atoms with Gasteiger partial charge in [-0.1, -0.05) is 74.1 Å². The lowest BCUT2D eigenvalue weighted by atomic mass is 10.0. The topological polar surface area (TPSA) is 16.4 Å². The standard InChI is InChI=1S/C24H31NO/c1-5-6-7-8-9-16-25(4)24-23(20-13-10-18(2)11-14-20)21-17-19(3)12-15-22(21)26-24/h10-15,17H,5-9,16H2,1-4H3. The third-order valence-corrected chi connectivity index (χ3v) is 5.11. The summed E-state index contributed by atoms with van der Waals surface area (Å²) in [5, 5.41) is 1.21. The van der Waals surface area contributed by atoms with E-state index in [1.807, 2.05) is 0 Å². The van der Waals surface area contributed by atoms with E-state index in [9.17, 15) is 0 Å². The average Bonchev–Trinajstić information content (AvgIpc) is 3.01. The number of hydrogen-bond acceptors (Lipinski definition) is 2. The van der Waals surface area contributed by atoms with Gasteiger partial charge in [-0.3, -0.25) is 0 Å². The van der Waals surface area contributed by atoms with Crippen LogP contribution in [0.15, 0.2) is 46.9 Å². The van der Waals surface area contributed by atoms with Crippen molar-refractivity contribution in [1.29, 1.82) is 0 Å². The molecular weight excluding hydrogens is 318 g/mol. The Kier molecular flexibility index (Phi) is 6.03. The zero-order chi connectivity index (χ0) is 18.5. The molecule has 3 rings (SSSR count). The number of furan rings is 1. The van der Waals surface area contributed by atoms with Gasteiger partial charge < -0.3 is 9.32 Å². The average molecular weight is 350 g/mol. The van der Waals surface area contributed by atoms with Gasteiger partial charge in [0, 0.05) is 19.0 Å². The molecule has 2 nitrogen and oxygen atoms in total. The maximum Gasteiger partial charge on any atom is 0.204 e. The molecule has 3 aromatic rings. The third kappa shape index (κ3) is 4.12. The number of anilines is 1. The first-order valence-corrected chi connectivity index (χ1v) is 9.91. The van der Waals surface area contributed by atoms with Crippen LogP contribution in [0.5, 0.6) is 0 Å². The molecular formula is C24H31NO. The first-order chi connectivity index (χ1) is 12.6. The number of benzene rings is 2. The molecule has 138 valence electrons. The van der Waals surface area contributed by atoms with Crippen LogP contribution in [-0.4, -0.2) is 13.6 Å². The Hall–Kier alpha value is -2.22. The van der Waals surface area contributed by atoms with Gasteiger partial charge in [-0.05, 0) is 38.0 Å². The van der Waals surface area contributed by atoms with E-state index >= 15 is 0 Å². The second-order valence-corrected chi connectivity index (χ2v) is 7.48. The Morgan fingerprint density at radius 2 is 1.54 bits per heavy atom. The molecule has 2 aromatic carbocycles. The molecule has 0 aliphatic carbocycles. The van der Waals surface area contributed by atoms with Crippen molar-refractivity contribution in [2.24, 2.45) is 0 Å². The van der Waals surface area contributed by atoms with Crippen molar-refractivity contribution in [2.75, 3.05) is 18.5 Å². The van der Waals surface area contributed by atoms with Crippen LogP contribution in [0.2, 0.25) is 0 Å². The highest BCUT2D eigenvalue weighted by Crippen LogP contribution is 2.40. The quantitative estimate of drug-likeness (QED) is 0.402. The lowest BCUT2D eigenvalue weighted by Gasteiger charge is -2.18. The highest BCUT2D eigenvalue weighted by Gasteiger charge is 2.19. The summed E-state index contributed by atoms with van der Waals surface area (Å²) in [6.07, 6.45) is 6.45. The highest BCUT2D eigenvalue weighted by atomic mass is 16.4. The predicted octanol–water partition coefficient (Wildman–Crippen LogP) is 7.12. The number of nitrogens with zero attached hydrogens (tertiary/aromatic N) is 1. The minimum atomic E-state index is 0.971. The van der Waals surface area contributed by atoms with Crippen molar-refractivity contribution in [2.45, 2.75) is 52.9 Å². The Morgan fingerprint density at radius 1 is 0.846 bits per heavy atom. The van der Waals surface area contributed by atoms with Crippen molar-refractivity contribution in [3.05, 3.63) is 53.6 Å². The fourth-order valence-corrected chi connectivity index (χ4v) is 3.52. The summed E-state index contributed by atoms with van der Waals surface area (Å²) < 4.78 is 6.30. The zero-order valence-electron chi connectivity index (χ0n) is 16.6. The van der Waals surface area contributed by atoms with Crippen LogP contribution < -0.4 is 4.90 Å². The Morgan fingerprint density at radius 3 is 2.27 bits per heavy atom. The highest BCUT2D eigenvalue weighted by molar-refractivity contribution is 6.00. The predicted molar refractivity (Wildman–Crippen MR) is 113 cm³/mol. The molecule has 26 heavy (non-hydrogen) atoms. The van der Waals surface area contributed by atoms with Crippen molar-refractivity contribution in [1.82, 2.24) is 0 Å². The van der Waals surface area contributed by atoms with Crippen LogP contribution in [0.25, 0.3) is 22.1 Å². The van der Waals surface area contributed by atoms with Crippen molar-refractivity contribution >= 4 is 16.9 Å². The van der Waals surface area contributed by atoms with Crippen molar-refractivity contribution in [3.8, 4) is 11.1 Å². The lowest BCUT2D eigenvalue weighted by molar-refractivity contribution is 0.576. The number of aryl methyl sites for hydroxylation is 2. The molecule has 0 radical (unpaired) electrons. The molecule has 0 amide bonds. The normalized spacial score (nSPS) is 11.2. The fourth-order valence-electron chi connectivity index (χ4n) is 3.52. The molecule has 0 saturated carbocycles. The minimum absolute atomic E-state index is 0.971. The molecule has 0 aliphatic heterocycles. The summed E-state index contributed by atoms with van der Waals surface area (Å²) in [5.74, 6) is 0.991. The van der Waals surface area contributed by atoms with Crippen LogP contribution >= 0.6 is 0 Å². The van der Waals surface area contributed by atoms with Crippen molar-refractivity contribution in [3.63, 3.8) is 0 Å². The molecule has 0 aliphatic rings. The van der Waals surface area contributed by atoms with Gasteiger partial charge in [0.05, 0.1) is 5.56 Å². The Bertz CT molecular complexity index is 845. The SMILES string of the molecule is CCCCCCCN(C)c1oc2ccc(C)cc2c1-c1ccc(C)cc1. The van der Waals surface area contributed by atoms with Crippen LogP contribution in [-0.2, 0) is 0 Å². The second kappa shape index (κ2) is 8.44. The van der Waals surface area contributed by atoms with Crippen LogP contribution in [0, 0.1) is 13.8 Å². The first-order valence-electron chi connectivity index (χ1n) is 9.91. The number of rotatable bonds is 8. The van der Waals surface area contributed by atoms with Gasteiger partial charge in [0.25, 0.3) is 0 Å². The van der Waals surface area contributed by atoms with Gasteiger partial charge in [-0.25, -0.2) is 0 Å². The largest absolute Gasteiger partial charge is 0.440 e. The maximum absolute atomic E-state index is 6.30. The van der Waals surface area contributed by atoms with Gasteiger partial charge in [0.1, 0.15) is 5.58 Å². The molecule has 0 fully saturated rings. The smallest absolute Gasteiger partial charge is 0.204 e. The van der Waals surface area contributed by atoms with Crippen molar-refractivity contribution < 1.29 is 4.42 Å². The van der Waals surface area contributed by atoms with E-state index in [2.05, 4.69) is 75.2 Å². The summed E-state index contributed by atoms with van der Waals surface area (Å²) in [6.45, 7) is 7.56. The third-order valence-electron chi connectivity index (χ3n) is 5.11. The summed E-state index contributed by atoms with van der Waals surface area (Å²) in [7, 11) is 2.15. The summed E-state index contributed by atoms with van der Waals surface area (Å²) in [4.78, 5) is 2.29. The van der Waals surface area contributed by atoms with E-state index < -0.39 is 0 Å². The van der Waals surface area contributed by atoms with E-state index in [4.69, 9.17) is 4.42 Å². The fraction of sp³-hybridized carbons (Fsp3) is 0.417. The van der Waals surface area contributed by atoms with E-state index in [1.54, 1.807) is 0 Å². The first kappa shape index (κ1) is 18.6. The van der Waals surface area contributed by atoms with Gasteiger partial charge in [0.15, 0.2) is 0 Å². The monoisotopic (exact) mass is 349 g/mol. The Balaban J connectivity index is 1.93. The van der Waals surface area contributed by atoms with Gasteiger partial charge in [0.2, 0.25) is 5.88 Å². The lowest BCUT2D eigenvalue weighted by Crippen LogP contribution is -2.18. The molecule has 0 N–H and O–H groups in total. The summed E-state index contributed by atoms with van der Waals surface area (Å²) in [5.41, 5.74) is 5.97. The molecule has 1 aromatic heterocycles. The van der Waals surface area contributed by atoms with Crippen LogP contribution in [0.3, 0.4) is 0 Å². The zero-order valence-corrected chi connectivity index (χ0v) is 16.6. The maximum atomic E-state index is 6.30. The number of unbranched alkanes of at least 4 members (excludes halogenated alkanes) is 4. The molecule has 2 heteroatoms. The van der Waals surface area contributed by atoms with Crippen LogP contribution in [0.4, 0.5) is 5.88 Å². The van der Waals surface area contributed by atoms with E-state index in [0.29, 0.717) is 0 Å². The van der Waals surface area contributed by atoms with Gasteiger partial charge in [-0.15, -0.1) is 0 Å². The minimum Gasteiger partial charge on any atom is -0.440 e. The summed E-state index contributed by atoms with van der Waals surface area (Å²) in [6, 6.07) is 15.2. The molecule has 0 bridgehead atoms. The van der Waals surface area contributed by atoms with E-state index in [1.165, 1.54) is 59.7 Å². The molecule has 0 saturated heterocycles. The van der Waals surface area contributed by atoms with E-state index in [0.717, 1.165) is 18.0 Å². The molecule has 0 atom stereocenters. The summed E-state index contributed by atoms with van der Waals surface area (Å²) >= 11 is 0. The van der Waals surface area contributed by atoms with Crippen LogP contribution in [0.1, 0.15) is 50.2 Å².